The molecule has 0 amide bonds. The molecule has 0 bridgehead atoms. The average Bonchev–Trinajstić information content (AvgIpc) is 2.63. The fourth-order valence-electron chi connectivity index (χ4n) is 4.60. The average molecular weight is 424 g/mol. The molecule has 1 aliphatic carbocycles. The summed E-state index contributed by atoms with van der Waals surface area (Å²) in [7, 11) is -3.85. The van der Waals surface area contributed by atoms with Crippen molar-refractivity contribution in [3.63, 3.8) is 0 Å². The van der Waals surface area contributed by atoms with E-state index in [0.717, 1.165) is 11.1 Å². The summed E-state index contributed by atoms with van der Waals surface area (Å²) in [6.07, 6.45) is -2.95. The Hall–Kier alpha value is -2.02. The Bertz CT molecular complexity index is 995. The molecule has 1 heterocycles. The van der Waals surface area contributed by atoms with E-state index in [2.05, 4.69) is 0 Å². The van der Waals surface area contributed by atoms with Crippen LogP contribution >= 0.6 is 0 Å². The quantitative estimate of drug-likeness (QED) is 0.653. The van der Waals surface area contributed by atoms with Gasteiger partial charge in [0.2, 0.25) is 0 Å². The maximum atomic E-state index is 13.7. The van der Waals surface area contributed by atoms with Gasteiger partial charge >= 0.3 is 6.18 Å². The minimum absolute atomic E-state index is 0.0231. The highest BCUT2D eigenvalue weighted by molar-refractivity contribution is 7.92. The number of sulfonamides is 1. The fourth-order valence-corrected chi connectivity index (χ4v) is 6.18. The minimum Gasteiger partial charge on any atom is -0.266 e. The molecule has 1 saturated carbocycles. The number of halogens is 3. The molecule has 7 heteroatoms. The van der Waals surface area contributed by atoms with Crippen molar-refractivity contribution in [2.45, 2.75) is 50.1 Å². The molecule has 0 unspecified atom stereocenters. The minimum atomic E-state index is -4.25. The number of aryl methyl sites for hydroxylation is 1. The Morgan fingerprint density at radius 2 is 1.72 bits per heavy atom. The van der Waals surface area contributed by atoms with Crippen molar-refractivity contribution in [1.29, 1.82) is 0 Å². The largest absolute Gasteiger partial charge is 0.394 e. The molecular formula is C22H24F3NO2S. The van der Waals surface area contributed by atoms with E-state index >= 15 is 0 Å². The van der Waals surface area contributed by atoms with Crippen LogP contribution in [0.4, 0.5) is 18.9 Å². The van der Waals surface area contributed by atoms with E-state index in [1.54, 1.807) is 42.5 Å². The maximum Gasteiger partial charge on any atom is 0.394 e. The lowest BCUT2D eigenvalue weighted by molar-refractivity contribution is -0.256. The van der Waals surface area contributed by atoms with Gasteiger partial charge in [-0.15, -0.1) is 0 Å². The Labute approximate surface area is 169 Å². The number of rotatable bonds is 4. The molecule has 0 aromatic heterocycles. The third kappa shape index (κ3) is 3.54. The monoisotopic (exact) mass is 423 g/mol. The van der Waals surface area contributed by atoms with E-state index in [1.807, 2.05) is 13.0 Å². The molecule has 156 valence electrons. The third-order valence-corrected chi connectivity index (χ3v) is 8.19. The zero-order chi connectivity index (χ0) is 20.9. The summed E-state index contributed by atoms with van der Waals surface area (Å²) in [6, 6.07) is 13.7. The molecule has 1 fully saturated rings. The molecule has 0 radical (unpaired) electrons. The summed E-state index contributed by atoms with van der Waals surface area (Å²) in [5.74, 6) is -0.368. The lowest BCUT2D eigenvalue weighted by Crippen LogP contribution is -2.48. The van der Waals surface area contributed by atoms with Crippen molar-refractivity contribution in [3.8, 4) is 0 Å². The first-order valence-corrected chi connectivity index (χ1v) is 11.3. The van der Waals surface area contributed by atoms with Crippen LogP contribution in [0.25, 0.3) is 0 Å². The third-order valence-electron chi connectivity index (χ3n) is 6.39. The summed E-state index contributed by atoms with van der Waals surface area (Å²) in [6.45, 7) is 1.95. The Morgan fingerprint density at radius 1 is 1.07 bits per heavy atom. The molecular weight excluding hydrogens is 399 g/mol. The summed E-state index contributed by atoms with van der Waals surface area (Å²) >= 11 is 0. The number of nitrogens with zero attached hydrogens (tertiary/aromatic N) is 1. The second kappa shape index (κ2) is 7.04. The summed E-state index contributed by atoms with van der Waals surface area (Å²) < 4.78 is 69.1. The first kappa shape index (κ1) is 20.3. The zero-order valence-electron chi connectivity index (χ0n) is 16.2. The van der Waals surface area contributed by atoms with Gasteiger partial charge in [-0.05, 0) is 62.3 Å². The zero-order valence-corrected chi connectivity index (χ0v) is 17.1. The molecule has 4 rings (SSSR count). The van der Waals surface area contributed by atoms with Gasteiger partial charge in [-0.1, -0.05) is 42.3 Å². The highest BCUT2D eigenvalue weighted by Crippen LogP contribution is 2.57. The van der Waals surface area contributed by atoms with Crippen molar-refractivity contribution in [2.75, 3.05) is 10.8 Å². The van der Waals surface area contributed by atoms with E-state index in [-0.39, 0.29) is 36.6 Å². The smallest absolute Gasteiger partial charge is 0.266 e. The Kier molecular flexibility index (Phi) is 4.92. The number of para-hydroxylation sites is 1. The molecule has 3 nitrogen and oxygen atoms in total. The first-order valence-electron chi connectivity index (χ1n) is 9.86. The van der Waals surface area contributed by atoms with Crippen LogP contribution in [-0.2, 0) is 16.4 Å². The lowest BCUT2D eigenvalue weighted by Gasteiger charge is -2.47. The Balaban J connectivity index is 1.69. The first-order chi connectivity index (χ1) is 13.6. The van der Waals surface area contributed by atoms with E-state index in [4.69, 9.17) is 0 Å². The second-order valence-electron chi connectivity index (χ2n) is 8.38. The molecule has 0 spiro atoms. The molecule has 0 saturated heterocycles. The molecule has 1 aliphatic heterocycles. The topological polar surface area (TPSA) is 37.4 Å². The van der Waals surface area contributed by atoms with Gasteiger partial charge < -0.3 is 0 Å². The van der Waals surface area contributed by atoms with E-state index in [1.165, 1.54) is 4.31 Å². The standard InChI is InChI=1S/C22H24F3NO2S/c1-16-7-9-19(10-8-16)29(27,28)26-15-17(13-18-5-2-3-6-20(18)26)14-21(11-4-12-21)22(23,24)25/h2-3,5-10,17H,4,11-15H2,1H3/t17-/m0/s1. The van der Waals surface area contributed by atoms with Crippen molar-refractivity contribution < 1.29 is 21.6 Å². The predicted molar refractivity (Wildman–Crippen MR) is 106 cm³/mol. The summed E-state index contributed by atoms with van der Waals surface area (Å²) in [5, 5.41) is 0. The molecule has 0 N–H and O–H groups in total. The van der Waals surface area contributed by atoms with E-state index in [9.17, 15) is 21.6 Å². The van der Waals surface area contributed by atoms with Crippen molar-refractivity contribution in [3.05, 3.63) is 59.7 Å². The number of hydrogen-bond acceptors (Lipinski definition) is 2. The van der Waals surface area contributed by atoms with Crippen LogP contribution in [0.1, 0.15) is 36.8 Å². The van der Waals surface area contributed by atoms with Gasteiger partial charge in [-0.25, -0.2) is 8.42 Å². The molecule has 29 heavy (non-hydrogen) atoms. The molecule has 1 atom stereocenters. The van der Waals surface area contributed by atoms with Crippen LogP contribution in [0.2, 0.25) is 0 Å². The van der Waals surface area contributed by atoms with Crippen molar-refractivity contribution >= 4 is 15.7 Å². The number of fused-ring (bicyclic) bond motifs is 1. The maximum absolute atomic E-state index is 13.7. The van der Waals surface area contributed by atoms with Crippen LogP contribution in [0.15, 0.2) is 53.4 Å². The number of benzene rings is 2. The Morgan fingerprint density at radius 3 is 2.31 bits per heavy atom. The van der Waals surface area contributed by atoms with Crippen LogP contribution < -0.4 is 4.31 Å². The van der Waals surface area contributed by atoms with Gasteiger partial charge in [-0.3, -0.25) is 4.31 Å². The number of anilines is 1. The summed E-state index contributed by atoms with van der Waals surface area (Å²) in [4.78, 5) is 0.160. The number of alkyl halides is 3. The highest BCUT2D eigenvalue weighted by atomic mass is 32.2. The highest BCUT2D eigenvalue weighted by Gasteiger charge is 2.58. The van der Waals surface area contributed by atoms with E-state index in [0.29, 0.717) is 18.5 Å². The number of hydrogen-bond donors (Lipinski definition) is 0. The van der Waals surface area contributed by atoms with Gasteiger partial charge in [0, 0.05) is 6.54 Å². The van der Waals surface area contributed by atoms with Crippen LogP contribution in [0, 0.1) is 18.3 Å². The molecule has 2 aromatic rings. The van der Waals surface area contributed by atoms with Gasteiger partial charge in [0.05, 0.1) is 16.0 Å². The van der Waals surface area contributed by atoms with Gasteiger partial charge in [-0.2, -0.15) is 13.2 Å². The fraction of sp³-hybridized carbons (Fsp3) is 0.455. The summed E-state index contributed by atoms with van der Waals surface area (Å²) in [5.41, 5.74) is 0.636. The van der Waals surface area contributed by atoms with Gasteiger partial charge in [0.15, 0.2) is 0 Å². The predicted octanol–water partition coefficient (Wildman–Crippen LogP) is 5.49. The van der Waals surface area contributed by atoms with E-state index < -0.39 is 21.6 Å². The van der Waals surface area contributed by atoms with Crippen molar-refractivity contribution in [2.24, 2.45) is 11.3 Å². The normalized spacial score (nSPS) is 21.4. The SMILES string of the molecule is Cc1ccc(S(=O)(=O)N2C[C@H](CC3(C(F)(F)F)CCC3)Cc3ccccc32)cc1. The molecule has 2 aromatic carbocycles. The molecule has 2 aliphatic rings. The van der Waals surface area contributed by atoms with Crippen LogP contribution in [0.3, 0.4) is 0 Å². The van der Waals surface area contributed by atoms with Crippen LogP contribution in [0.5, 0.6) is 0 Å². The van der Waals surface area contributed by atoms with Gasteiger partial charge in [0.25, 0.3) is 10.0 Å². The van der Waals surface area contributed by atoms with Crippen LogP contribution in [-0.4, -0.2) is 21.1 Å². The second-order valence-corrected chi connectivity index (χ2v) is 10.2. The van der Waals surface area contributed by atoms with Crippen molar-refractivity contribution in [1.82, 2.24) is 0 Å². The van der Waals surface area contributed by atoms with Gasteiger partial charge in [0.1, 0.15) is 0 Å². The lowest BCUT2D eigenvalue weighted by atomic mass is 9.63.